The van der Waals surface area contributed by atoms with Gasteiger partial charge in [0.25, 0.3) is 10.0 Å². The van der Waals surface area contributed by atoms with Gasteiger partial charge in [-0.15, -0.1) is 11.6 Å². The van der Waals surface area contributed by atoms with E-state index in [1.807, 2.05) is 0 Å². The summed E-state index contributed by atoms with van der Waals surface area (Å²) in [6.07, 6.45) is 0. The third-order valence-corrected chi connectivity index (χ3v) is 6.10. The number of hydrogen-bond donors (Lipinski definition) is 1. The summed E-state index contributed by atoms with van der Waals surface area (Å²) in [6, 6.07) is 7.72. The number of sulfonamides is 1. The van der Waals surface area contributed by atoms with Crippen LogP contribution in [0.15, 0.2) is 56.6 Å². The molecule has 1 aromatic carbocycles. The van der Waals surface area contributed by atoms with Crippen molar-refractivity contribution in [3.63, 3.8) is 0 Å². The van der Waals surface area contributed by atoms with E-state index in [2.05, 4.69) is 4.72 Å². The lowest BCUT2D eigenvalue weighted by molar-refractivity contribution is -0.116. The van der Waals surface area contributed by atoms with Crippen LogP contribution in [0.1, 0.15) is 13.8 Å². The number of halogens is 3. The second kappa shape index (κ2) is 5.89. The molecule has 1 N–H and O–H groups in total. The van der Waals surface area contributed by atoms with E-state index in [0.29, 0.717) is 0 Å². The summed E-state index contributed by atoms with van der Waals surface area (Å²) in [4.78, 5) is 10.6. The molecule has 0 aliphatic heterocycles. The normalized spacial score (nSPS) is 23.0. The molecule has 0 bridgehead atoms. The molecule has 1 aromatic rings. The second-order valence-corrected chi connectivity index (χ2v) is 8.07. The van der Waals surface area contributed by atoms with Crippen LogP contribution in [0.25, 0.3) is 0 Å². The molecule has 1 aliphatic carbocycles. The first-order valence-electron chi connectivity index (χ1n) is 6.17. The largest absolute Gasteiger partial charge is 0.292 e. The van der Waals surface area contributed by atoms with Gasteiger partial charge in [-0.1, -0.05) is 41.4 Å². The zero-order valence-electron chi connectivity index (χ0n) is 11.7. The molecule has 0 saturated carbocycles. The average molecular weight is 381 g/mol. The highest BCUT2D eigenvalue weighted by molar-refractivity contribution is 7.89. The highest BCUT2D eigenvalue weighted by Gasteiger charge is 2.43. The molecule has 0 radical (unpaired) electrons. The maximum Gasteiger partial charge on any atom is 0.261 e. The van der Waals surface area contributed by atoms with E-state index in [1.165, 1.54) is 26.0 Å². The Hall–Kier alpha value is -1.01. The number of rotatable bonds is 3. The van der Waals surface area contributed by atoms with Crippen LogP contribution in [0, 0.1) is 0 Å². The summed E-state index contributed by atoms with van der Waals surface area (Å²) in [7, 11) is -3.90. The van der Waals surface area contributed by atoms with Crippen molar-refractivity contribution in [3.8, 4) is 0 Å². The van der Waals surface area contributed by atoms with Crippen LogP contribution in [0.4, 0.5) is 0 Å². The number of nitrogens with one attached hydrogen (secondary N) is 1. The van der Waals surface area contributed by atoms with Gasteiger partial charge >= 0.3 is 0 Å². The third kappa shape index (κ3) is 2.91. The Kier molecular flexibility index (Phi) is 4.64. The molecule has 0 aromatic heterocycles. The van der Waals surface area contributed by atoms with Crippen LogP contribution in [0.2, 0.25) is 0 Å². The van der Waals surface area contributed by atoms with E-state index < -0.39 is 20.7 Å². The van der Waals surface area contributed by atoms with E-state index in [9.17, 15) is 13.2 Å². The highest BCUT2D eigenvalue weighted by atomic mass is 35.5. The van der Waals surface area contributed by atoms with Crippen molar-refractivity contribution in [2.45, 2.75) is 23.6 Å². The van der Waals surface area contributed by atoms with Crippen molar-refractivity contribution in [1.82, 2.24) is 4.72 Å². The van der Waals surface area contributed by atoms with Crippen molar-refractivity contribution in [2.75, 3.05) is 0 Å². The Labute approximate surface area is 143 Å². The van der Waals surface area contributed by atoms with Crippen molar-refractivity contribution >= 4 is 50.6 Å². The van der Waals surface area contributed by atoms with E-state index in [-0.39, 0.29) is 26.2 Å². The molecular weight excluding hydrogens is 369 g/mol. The monoisotopic (exact) mass is 379 g/mol. The zero-order chi connectivity index (χ0) is 16.7. The fourth-order valence-electron chi connectivity index (χ4n) is 1.95. The summed E-state index contributed by atoms with van der Waals surface area (Å²) in [6.45, 7) is 2.86. The van der Waals surface area contributed by atoms with Gasteiger partial charge in [-0.05, 0) is 26.0 Å². The maximum absolute atomic E-state index is 12.4. The number of Topliss-reactive ketones (excluding diaryl/α,β-unsaturated/α-hetero) is 1. The SMILES string of the molecule is CC1=C(Cl)C(NS(=O)(=O)c2ccccc2)=C(Cl)[C@@](C)(Cl)C1=O. The van der Waals surface area contributed by atoms with Gasteiger partial charge in [0.05, 0.1) is 20.7 Å². The highest BCUT2D eigenvalue weighted by Crippen LogP contribution is 2.41. The third-order valence-electron chi connectivity index (χ3n) is 3.24. The van der Waals surface area contributed by atoms with Gasteiger partial charge in [0.2, 0.25) is 0 Å². The van der Waals surface area contributed by atoms with Gasteiger partial charge < -0.3 is 0 Å². The van der Waals surface area contributed by atoms with Gasteiger partial charge in [-0.25, -0.2) is 8.42 Å². The predicted octanol–water partition coefficient (Wildman–Crippen LogP) is 3.51. The molecule has 0 unspecified atom stereocenters. The number of carbonyl (C=O) groups is 1. The quantitative estimate of drug-likeness (QED) is 0.816. The molecule has 118 valence electrons. The topological polar surface area (TPSA) is 63.2 Å². The van der Waals surface area contributed by atoms with Crippen LogP contribution < -0.4 is 4.72 Å². The lowest BCUT2D eigenvalue weighted by Crippen LogP contribution is -2.38. The van der Waals surface area contributed by atoms with Gasteiger partial charge in [-0.3, -0.25) is 9.52 Å². The minimum Gasteiger partial charge on any atom is -0.292 e. The zero-order valence-corrected chi connectivity index (χ0v) is 14.7. The van der Waals surface area contributed by atoms with Crippen molar-refractivity contribution in [2.24, 2.45) is 0 Å². The van der Waals surface area contributed by atoms with Crippen LogP contribution in [0.5, 0.6) is 0 Å². The minimum absolute atomic E-state index is 0.0438. The Morgan fingerprint density at radius 2 is 1.68 bits per heavy atom. The first-order chi connectivity index (χ1) is 10.1. The maximum atomic E-state index is 12.4. The van der Waals surface area contributed by atoms with E-state index in [0.717, 1.165) is 0 Å². The fourth-order valence-corrected chi connectivity index (χ4v) is 3.91. The summed E-state index contributed by atoms with van der Waals surface area (Å²) < 4.78 is 27.1. The molecule has 0 saturated heterocycles. The van der Waals surface area contributed by atoms with Crippen LogP contribution >= 0.6 is 34.8 Å². The first-order valence-corrected chi connectivity index (χ1v) is 8.79. The molecule has 0 fully saturated rings. The summed E-state index contributed by atoms with van der Waals surface area (Å²) in [5, 5.41) is -0.220. The van der Waals surface area contributed by atoms with Gasteiger partial charge in [-0.2, -0.15) is 0 Å². The number of allylic oxidation sites excluding steroid dienone is 3. The second-order valence-electron chi connectivity index (χ2n) is 4.88. The molecule has 0 amide bonds. The molecule has 0 heterocycles. The Bertz CT molecular complexity index is 796. The minimum atomic E-state index is -3.90. The molecule has 2 rings (SSSR count). The standard InChI is InChI=1S/C14H12Cl3NO3S/c1-8-10(15)11(12(16)14(2,17)13(8)19)18-22(20,21)9-6-4-3-5-7-9/h3-7,18H,1-2H3/t14-/m1/s1. The molecule has 1 atom stereocenters. The lowest BCUT2D eigenvalue weighted by Gasteiger charge is -2.29. The Balaban J connectivity index is 2.53. The predicted molar refractivity (Wildman–Crippen MR) is 87.5 cm³/mol. The van der Waals surface area contributed by atoms with E-state index in [1.54, 1.807) is 18.2 Å². The summed E-state index contributed by atoms with van der Waals surface area (Å²) >= 11 is 18.3. The van der Waals surface area contributed by atoms with E-state index >= 15 is 0 Å². The van der Waals surface area contributed by atoms with Crippen molar-refractivity contribution in [1.29, 1.82) is 0 Å². The first kappa shape index (κ1) is 17.3. The summed E-state index contributed by atoms with van der Waals surface area (Å²) in [5.41, 5.74) is 0.0658. The number of hydrogen-bond acceptors (Lipinski definition) is 3. The van der Waals surface area contributed by atoms with Gasteiger partial charge in [0.1, 0.15) is 4.87 Å². The van der Waals surface area contributed by atoms with Crippen LogP contribution in [-0.2, 0) is 14.8 Å². The molecule has 1 aliphatic rings. The number of benzene rings is 1. The number of ketones is 1. The van der Waals surface area contributed by atoms with Gasteiger partial charge in [0.15, 0.2) is 5.78 Å². The fraction of sp³-hybridized carbons (Fsp3) is 0.214. The van der Waals surface area contributed by atoms with Crippen LogP contribution in [-0.4, -0.2) is 19.1 Å². The number of carbonyl (C=O) groups excluding carboxylic acids is 1. The summed E-state index contributed by atoms with van der Waals surface area (Å²) in [5.74, 6) is -0.466. The van der Waals surface area contributed by atoms with Crippen molar-refractivity contribution in [3.05, 3.63) is 51.7 Å². The molecule has 0 spiro atoms. The molecule has 8 heteroatoms. The molecule has 22 heavy (non-hydrogen) atoms. The Morgan fingerprint density at radius 1 is 1.14 bits per heavy atom. The smallest absolute Gasteiger partial charge is 0.261 e. The van der Waals surface area contributed by atoms with Crippen molar-refractivity contribution < 1.29 is 13.2 Å². The van der Waals surface area contributed by atoms with Gasteiger partial charge in [0, 0.05) is 5.57 Å². The lowest BCUT2D eigenvalue weighted by atomic mass is 9.92. The molecule has 4 nitrogen and oxygen atoms in total. The number of alkyl halides is 1. The van der Waals surface area contributed by atoms with Crippen LogP contribution in [0.3, 0.4) is 0 Å². The average Bonchev–Trinajstić information content (AvgIpc) is 2.49. The molecular formula is C14H12Cl3NO3S. The van der Waals surface area contributed by atoms with E-state index in [4.69, 9.17) is 34.8 Å². The Morgan fingerprint density at radius 3 is 2.23 bits per heavy atom.